The van der Waals surface area contributed by atoms with Crippen LogP contribution in [0.3, 0.4) is 0 Å². The molecule has 0 saturated carbocycles. The van der Waals surface area contributed by atoms with Crippen LogP contribution in [-0.2, 0) is 0 Å². The second kappa shape index (κ2) is 3.68. The summed E-state index contributed by atoms with van der Waals surface area (Å²) in [7, 11) is 0. The molecule has 3 nitrogen and oxygen atoms in total. The van der Waals surface area contributed by atoms with Gasteiger partial charge in [-0.15, -0.1) is 0 Å². The van der Waals surface area contributed by atoms with Crippen LogP contribution in [0.2, 0.25) is 0 Å². The smallest absolute Gasteiger partial charge is 0.257 e. The molecule has 1 aliphatic rings. The summed E-state index contributed by atoms with van der Waals surface area (Å²) in [6.07, 6.45) is 0.466. The highest BCUT2D eigenvalue weighted by molar-refractivity contribution is 5.62. The van der Waals surface area contributed by atoms with Crippen LogP contribution in [0, 0.1) is 6.92 Å². The molecule has 1 aromatic rings. The summed E-state index contributed by atoms with van der Waals surface area (Å²) in [6.45, 7) is 6.41. The maximum atomic E-state index is 12.9. The van der Waals surface area contributed by atoms with Crippen molar-refractivity contribution >= 4 is 5.69 Å². The minimum atomic E-state index is -1.30. The van der Waals surface area contributed by atoms with E-state index in [-0.39, 0.29) is 6.54 Å². The normalized spacial score (nSPS) is 19.4. The van der Waals surface area contributed by atoms with Crippen LogP contribution in [0.15, 0.2) is 6.20 Å². The number of hydrogen-bond acceptors (Lipinski definition) is 3. The molecule has 0 radical (unpaired) electrons. The van der Waals surface area contributed by atoms with Crippen molar-refractivity contribution in [3.05, 3.63) is 17.3 Å². The van der Waals surface area contributed by atoms with Crippen LogP contribution >= 0.6 is 0 Å². The van der Waals surface area contributed by atoms with E-state index in [1.165, 1.54) is 5.56 Å². The number of pyridine rings is 1. The Labute approximate surface area is 88.7 Å². The zero-order chi connectivity index (χ0) is 11.0. The second-order valence-corrected chi connectivity index (χ2v) is 4.08. The van der Waals surface area contributed by atoms with Crippen molar-refractivity contribution in [1.29, 1.82) is 0 Å². The first-order chi connectivity index (χ1) is 7.09. The fourth-order valence-electron chi connectivity index (χ4n) is 1.82. The Morgan fingerprint density at radius 1 is 1.60 bits per heavy atom. The van der Waals surface area contributed by atoms with Crippen LogP contribution < -0.4 is 10.1 Å². The molecule has 0 saturated heterocycles. The molecule has 82 valence electrons. The van der Waals surface area contributed by atoms with Gasteiger partial charge in [0.05, 0.1) is 6.54 Å². The number of rotatable bonds is 1. The number of alkyl halides is 1. The molecule has 1 aromatic heterocycles. The zero-order valence-electron chi connectivity index (χ0n) is 9.17. The Balaban J connectivity index is 2.44. The highest BCUT2D eigenvalue weighted by atomic mass is 19.1. The van der Waals surface area contributed by atoms with Gasteiger partial charge < -0.3 is 10.1 Å². The molecule has 2 heterocycles. The number of anilines is 1. The molecular weight excluding hydrogens is 195 g/mol. The van der Waals surface area contributed by atoms with Crippen molar-refractivity contribution in [2.45, 2.75) is 33.0 Å². The summed E-state index contributed by atoms with van der Waals surface area (Å²) < 4.78 is 17.9. The predicted octanol–water partition coefficient (Wildman–Crippen LogP) is 2.61. The molecule has 1 unspecified atom stereocenters. The van der Waals surface area contributed by atoms with E-state index in [1.54, 1.807) is 6.20 Å². The first-order valence-corrected chi connectivity index (χ1v) is 5.13. The number of aromatic nitrogens is 1. The fourth-order valence-corrected chi connectivity index (χ4v) is 1.82. The minimum Gasteiger partial charge on any atom is -0.440 e. The van der Waals surface area contributed by atoms with Crippen molar-refractivity contribution < 1.29 is 9.13 Å². The summed E-state index contributed by atoms with van der Waals surface area (Å²) in [5.41, 5.74) is 3.10. The molecule has 0 aromatic carbocycles. The van der Waals surface area contributed by atoms with Crippen molar-refractivity contribution in [2.75, 3.05) is 11.9 Å². The molecule has 0 aliphatic carbocycles. The van der Waals surface area contributed by atoms with Gasteiger partial charge in [-0.3, -0.25) is 0 Å². The molecule has 15 heavy (non-hydrogen) atoms. The van der Waals surface area contributed by atoms with Crippen LogP contribution in [0.4, 0.5) is 10.1 Å². The van der Waals surface area contributed by atoms with Gasteiger partial charge in [-0.05, 0) is 24.0 Å². The summed E-state index contributed by atoms with van der Waals surface area (Å²) >= 11 is 0. The number of nitrogens with one attached hydrogen (secondary N) is 1. The van der Waals surface area contributed by atoms with Gasteiger partial charge >= 0.3 is 0 Å². The van der Waals surface area contributed by atoms with E-state index >= 15 is 0 Å². The topological polar surface area (TPSA) is 34.2 Å². The summed E-state index contributed by atoms with van der Waals surface area (Å²) in [6, 6.07) is 0. The number of halogens is 1. The maximum Gasteiger partial charge on any atom is 0.257 e. The van der Waals surface area contributed by atoms with Crippen LogP contribution in [0.1, 0.15) is 30.9 Å². The first-order valence-electron chi connectivity index (χ1n) is 5.13. The summed E-state index contributed by atoms with van der Waals surface area (Å²) in [4.78, 5) is 4.13. The molecule has 4 heteroatoms. The zero-order valence-corrected chi connectivity index (χ0v) is 9.17. The summed E-state index contributed by atoms with van der Waals surface area (Å²) in [5, 5.41) is 3.01. The molecule has 1 atom stereocenters. The van der Waals surface area contributed by atoms with E-state index in [1.807, 2.05) is 6.92 Å². The van der Waals surface area contributed by atoms with Gasteiger partial charge in [0.1, 0.15) is 5.69 Å². The van der Waals surface area contributed by atoms with E-state index in [2.05, 4.69) is 24.1 Å². The predicted molar refractivity (Wildman–Crippen MR) is 57.1 cm³/mol. The van der Waals surface area contributed by atoms with Crippen LogP contribution in [0.25, 0.3) is 0 Å². The van der Waals surface area contributed by atoms with Crippen LogP contribution in [0.5, 0.6) is 5.88 Å². The molecule has 0 bridgehead atoms. The summed E-state index contributed by atoms with van der Waals surface area (Å²) in [5.74, 6) is 0.781. The van der Waals surface area contributed by atoms with Crippen molar-refractivity contribution in [2.24, 2.45) is 0 Å². The molecule has 0 spiro atoms. The van der Waals surface area contributed by atoms with Gasteiger partial charge in [-0.1, -0.05) is 13.8 Å². The van der Waals surface area contributed by atoms with Crippen molar-refractivity contribution in [1.82, 2.24) is 4.98 Å². The lowest BCUT2D eigenvalue weighted by molar-refractivity contribution is 0.0687. The molecule has 1 N–H and O–H groups in total. The minimum absolute atomic E-state index is 0.192. The van der Waals surface area contributed by atoms with Gasteiger partial charge in [-0.2, -0.15) is 4.39 Å². The average molecular weight is 210 g/mol. The van der Waals surface area contributed by atoms with Crippen molar-refractivity contribution in [3.63, 3.8) is 0 Å². The number of nitrogens with zero attached hydrogens (tertiary/aromatic N) is 1. The Bertz CT molecular complexity index is 379. The Kier molecular flexibility index (Phi) is 2.50. The van der Waals surface area contributed by atoms with E-state index in [4.69, 9.17) is 4.74 Å². The molecular formula is C11H15FN2O. The van der Waals surface area contributed by atoms with Crippen molar-refractivity contribution in [3.8, 4) is 5.88 Å². The quantitative estimate of drug-likeness (QED) is 0.773. The monoisotopic (exact) mass is 210 g/mol. The third-order valence-electron chi connectivity index (χ3n) is 2.64. The Hall–Kier alpha value is -1.32. The SMILES string of the molecule is Cc1c(C(C)C)cnc2c1NCC(F)O2. The first kappa shape index (κ1) is 10.2. The van der Waals surface area contributed by atoms with E-state index < -0.39 is 6.36 Å². The van der Waals surface area contributed by atoms with Gasteiger partial charge in [0.15, 0.2) is 0 Å². The molecule has 2 rings (SSSR count). The standard InChI is InChI=1S/C11H15FN2O/c1-6(2)8-4-14-11-10(7(8)3)13-5-9(12)15-11/h4,6,9,13H,5H2,1-3H3. The van der Waals surface area contributed by atoms with Crippen LogP contribution in [-0.4, -0.2) is 17.9 Å². The largest absolute Gasteiger partial charge is 0.440 e. The van der Waals surface area contributed by atoms with Gasteiger partial charge in [-0.25, -0.2) is 4.98 Å². The Morgan fingerprint density at radius 2 is 2.33 bits per heavy atom. The molecule has 0 fully saturated rings. The number of ether oxygens (including phenoxy) is 1. The lowest BCUT2D eigenvalue weighted by Crippen LogP contribution is -2.28. The van der Waals surface area contributed by atoms with Gasteiger partial charge in [0.2, 0.25) is 5.88 Å². The van der Waals surface area contributed by atoms with E-state index in [0.717, 1.165) is 11.3 Å². The number of hydrogen-bond donors (Lipinski definition) is 1. The molecule has 1 aliphatic heterocycles. The Morgan fingerprint density at radius 3 is 3.00 bits per heavy atom. The van der Waals surface area contributed by atoms with E-state index in [9.17, 15) is 4.39 Å². The average Bonchev–Trinajstić information content (AvgIpc) is 2.17. The number of fused-ring (bicyclic) bond motifs is 1. The van der Waals surface area contributed by atoms with E-state index in [0.29, 0.717) is 11.8 Å². The lowest BCUT2D eigenvalue weighted by Gasteiger charge is -2.24. The highest BCUT2D eigenvalue weighted by Crippen LogP contribution is 2.34. The maximum absolute atomic E-state index is 12.9. The highest BCUT2D eigenvalue weighted by Gasteiger charge is 2.22. The lowest BCUT2D eigenvalue weighted by atomic mass is 9.99. The fraction of sp³-hybridized carbons (Fsp3) is 0.545. The third-order valence-corrected chi connectivity index (χ3v) is 2.64. The van der Waals surface area contributed by atoms with Gasteiger partial charge in [0, 0.05) is 6.20 Å². The van der Waals surface area contributed by atoms with Gasteiger partial charge in [0.25, 0.3) is 6.36 Å². The third kappa shape index (κ3) is 1.76. The second-order valence-electron chi connectivity index (χ2n) is 4.08. The molecule has 0 amide bonds.